The van der Waals surface area contributed by atoms with Crippen molar-refractivity contribution in [3.63, 3.8) is 0 Å². The third-order valence-corrected chi connectivity index (χ3v) is 8.64. The van der Waals surface area contributed by atoms with Crippen molar-refractivity contribution in [3.8, 4) is 0 Å². The number of hydrogen-bond donors (Lipinski definition) is 0. The quantitative estimate of drug-likeness (QED) is 0.350. The Kier molecular flexibility index (Phi) is 11.7. The van der Waals surface area contributed by atoms with E-state index >= 15 is 0 Å². The number of fused-ring (bicyclic) bond motifs is 5. The number of hydrogen-bond acceptors (Lipinski definition) is 1. The summed E-state index contributed by atoms with van der Waals surface area (Å²) in [5.74, 6) is 3.19. The molecular weight excluding hydrogens is 455 g/mol. The molecule has 0 heterocycles. The van der Waals surface area contributed by atoms with E-state index in [0.29, 0.717) is 17.8 Å². The van der Waals surface area contributed by atoms with Crippen LogP contribution in [-0.2, 0) is 37.5 Å². The van der Waals surface area contributed by atoms with Crippen LogP contribution in [0.1, 0.15) is 80.1 Å². The molecule has 0 aromatic heterocycles. The van der Waals surface area contributed by atoms with Gasteiger partial charge in [0.25, 0.3) is 0 Å². The smallest absolute Gasteiger partial charge is 0.693 e. The maximum absolute atomic E-state index is 12.2. The molecule has 3 saturated carbocycles. The molecule has 0 amide bonds. The monoisotopic (exact) mass is 501 g/mol. The first-order chi connectivity index (χ1) is 13.2. The zero-order valence-electron chi connectivity index (χ0n) is 19.8. The summed E-state index contributed by atoms with van der Waals surface area (Å²) in [5.41, 5.74) is 3.11. The van der Waals surface area contributed by atoms with Gasteiger partial charge in [0, 0.05) is 5.41 Å². The fourth-order valence-corrected chi connectivity index (χ4v) is 7.50. The van der Waals surface area contributed by atoms with Crippen LogP contribution in [0.2, 0.25) is 0 Å². The summed E-state index contributed by atoms with van der Waals surface area (Å²) in [6.07, 6.45) is 15.2. The van der Waals surface area contributed by atoms with Crippen molar-refractivity contribution in [2.75, 3.05) is 0 Å². The molecule has 0 aliphatic heterocycles. The second-order valence-corrected chi connectivity index (χ2v) is 10.3. The van der Waals surface area contributed by atoms with Gasteiger partial charge in [-0.25, -0.2) is 0 Å². The summed E-state index contributed by atoms with van der Waals surface area (Å²) >= 11 is 0. The molecule has 172 valence electrons. The second-order valence-electron chi connectivity index (χ2n) is 10.3. The van der Waals surface area contributed by atoms with E-state index in [1.54, 1.807) is 5.57 Å². The molecule has 0 spiro atoms. The van der Waals surface area contributed by atoms with Gasteiger partial charge in [0.2, 0.25) is 0 Å². The molecule has 4 aliphatic carbocycles. The van der Waals surface area contributed by atoms with Crippen LogP contribution in [-0.4, -0.2) is 5.78 Å². The van der Waals surface area contributed by atoms with Crippen molar-refractivity contribution in [3.05, 3.63) is 56.0 Å². The van der Waals surface area contributed by atoms with Crippen LogP contribution in [0.25, 0.3) is 6.15 Å². The Balaban J connectivity index is 0.00000119. The van der Waals surface area contributed by atoms with Gasteiger partial charge in [-0.05, 0) is 78.5 Å². The van der Waals surface area contributed by atoms with Gasteiger partial charge < -0.3 is 24.8 Å². The Morgan fingerprint density at radius 2 is 1.87 bits per heavy atom. The normalized spacial score (nSPS) is 39.6. The largest absolute Gasteiger partial charge is 3.00 e. The Labute approximate surface area is 218 Å². The molecule has 3 heteroatoms. The first-order valence-electron chi connectivity index (χ1n) is 11.4. The molecule has 2 nitrogen and oxygen atoms in total. The molecule has 0 bridgehead atoms. The van der Waals surface area contributed by atoms with Crippen LogP contribution in [0.3, 0.4) is 0 Å². The number of nitrogens with two attached hydrogens (primary N) is 1. The molecule has 7 unspecified atom stereocenters. The molecule has 31 heavy (non-hydrogen) atoms. The van der Waals surface area contributed by atoms with E-state index < -0.39 is 0 Å². The van der Waals surface area contributed by atoms with Crippen LogP contribution >= 0.6 is 0 Å². The Morgan fingerprint density at radius 3 is 2.42 bits per heavy atom. The van der Waals surface area contributed by atoms with Crippen molar-refractivity contribution in [1.29, 1.82) is 0 Å². The number of carbonyl (C=O) groups is 1. The standard InChI is InChI=1S/C23H31O.C4H9.CH4.H2N.Y/c1-14-10-11-22(4)17(12-14)6-7-18-20-9-8-19(16(3)24)23(20,5)13-15(2)21(18)22;1-3-4-2;;;/h10-12,15,18-21H,1,3,6-9,13H2,2,4-5H3;1,3-4H2,2H3;1H4;1H2;/q2*-1;;-1;+3. The molecule has 0 radical (unpaired) electrons. The Bertz CT molecular complexity index is 693. The molecule has 3 fully saturated rings. The van der Waals surface area contributed by atoms with Crippen LogP contribution in [0.15, 0.2) is 36.0 Å². The second kappa shape index (κ2) is 11.8. The van der Waals surface area contributed by atoms with Crippen molar-refractivity contribution < 1.29 is 37.5 Å². The zero-order chi connectivity index (χ0) is 20.7. The average molecular weight is 502 g/mol. The average Bonchev–Trinajstić information content (AvgIpc) is 2.99. The predicted octanol–water partition coefficient (Wildman–Crippen LogP) is 8.52. The molecule has 4 aliphatic rings. The summed E-state index contributed by atoms with van der Waals surface area (Å²) in [6.45, 7) is 21.0. The summed E-state index contributed by atoms with van der Waals surface area (Å²) in [4.78, 5) is 12.2. The van der Waals surface area contributed by atoms with Crippen molar-refractivity contribution in [1.82, 2.24) is 0 Å². The number of allylic oxidation sites excluding steroid dienone is 5. The van der Waals surface area contributed by atoms with Crippen LogP contribution in [0.4, 0.5) is 0 Å². The first-order valence-corrected chi connectivity index (χ1v) is 11.4. The van der Waals surface area contributed by atoms with Gasteiger partial charge in [0.1, 0.15) is 0 Å². The van der Waals surface area contributed by atoms with Crippen molar-refractivity contribution in [2.45, 2.75) is 80.1 Å². The first kappa shape index (κ1) is 30.8. The van der Waals surface area contributed by atoms with E-state index in [0.717, 1.165) is 24.3 Å². The van der Waals surface area contributed by atoms with Gasteiger partial charge in [-0.1, -0.05) is 71.9 Å². The van der Waals surface area contributed by atoms with Crippen LogP contribution < -0.4 is 0 Å². The maximum Gasteiger partial charge on any atom is 3.00 e. The van der Waals surface area contributed by atoms with E-state index in [-0.39, 0.29) is 68.8 Å². The minimum Gasteiger partial charge on any atom is -0.693 e. The van der Waals surface area contributed by atoms with Gasteiger partial charge in [0.05, 0.1) is 0 Å². The third kappa shape index (κ3) is 5.33. The Morgan fingerprint density at radius 1 is 1.26 bits per heavy atom. The van der Waals surface area contributed by atoms with Gasteiger partial charge in [-0.2, -0.15) is 6.42 Å². The number of ketones is 1. The van der Waals surface area contributed by atoms with Crippen molar-refractivity contribution in [2.24, 2.45) is 40.4 Å². The fourth-order valence-electron chi connectivity index (χ4n) is 7.50. The zero-order valence-corrected chi connectivity index (χ0v) is 22.6. The van der Waals surface area contributed by atoms with E-state index in [2.05, 4.69) is 66.3 Å². The van der Waals surface area contributed by atoms with Crippen molar-refractivity contribution >= 4 is 5.78 Å². The number of carbonyl (C=O) groups excluding carboxylic acids is 1. The summed E-state index contributed by atoms with van der Waals surface area (Å²) in [5, 5.41) is 0. The van der Waals surface area contributed by atoms with Gasteiger partial charge in [-0.3, -0.25) is 0 Å². The van der Waals surface area contributed by atoms with E-state index in [4.69, 9.17) is 0 Å². The van der Waals surface area contributed by atoms with E-state index in [9.17, 15) is 4.79 Å². The molecule has 4 rings (SSSR count). The molecular formula is C28H46NOY. The third-order valence-electron chi connectivity index (χ3n) is 8.64. The summed E-state index contributed by atoms with van der Waals surface area (Å²) < 4.78 is 0. The molecule has 7 atom stereocenters. The number of rotatable bonds is 2. The number of unbranched alkanes of at least 4 members (excludes halogenated alkanes) is 1. The molecule has 0 aromatic rings. The minimum absolute atomic E-state index is 0. The fraction of sp³-hybridized carbons (Fsp3) is 0.679. The minimum atomic E-state index is 0. The van der Waals surface area contributed by atoms with Gasteiger partial charge in [-0.15, -0.1) is 0 Å². The molecule has 0 saturated heterocycles. The summed E-state index contributed by atoms with van der Waals surface area (Å²) in [7, 11) is 0. The topological polar surface area (TPSA) is 50.6 Å². The van der Waals surface area contributed by atoms with Gasteiger partial charge in [0.15, 0.2) is 0 Å². The van der Waals surface area contributed by atoms with Gasteiger partial charge >= 0.3 is 32.7 Å². The van der Waals surface area contributed by atoms with E-state index in [1.807, 2.05) is 0 Å². The summed E-state index contributed by atoms with van der Waals surface area (Å²) in [6, 6.07) is 0. The number of Topliss-reactive ketones (excluding diaryl/α,β-unsaturated/α-hetero) is 1. The maximum atomic E-state index is 12.2. The molecule has 0 aromatic carbocycles. The predicted molar refractivity (Wildman–Crippen MR) is 131 cm³/mol. The Hall–Kier alpha value is -0.176. The van der Waals surface area contributed by atoms with Crippen LogP contribution in [0.5, 0.6) is 0 Å². The van der Waals surface area contributed by atoms with Crippen LogP contribution in [0, 0.1) is 54.3 Å². The molecule has 2 N–H and O–H groups in total. The SMILES string of the molecule is C.C=C1C=CC2(C)C(=C1)CCC1C2C(C)CC2(C)C(C([CH2-])=O)CCC12.[CH2-]CCC.[NH2-].[Y+3]. The van der Waals surface area contributed by atoms with E-state index in [1.165, 1.54) is 32.1 Å².